The minimum absolute atomic E-state index is 0.285. The molecule has 3 heteroatoms. The van der Waals surface area contributed by atoms with E-state index >= 15 is 0 Å². The van der Waals surface area contributed by atoms with Gasteiger partial charge in [0.1, 0.15) is 0 Å². The van der Waals surface area contributed by atoms with E-state index in [9.17, 15) is 4.79 Å². The Bertz CT molecular complexity index is 114. The molecule has 0 atom stereocenters. The third kappa shape index (κ3) is 3.16. The molecule has 8 heavy (non-hydrogen) atoms. The molecule has 0 heterocycles. The third-order valence-electron chi connectivity index (χ3n) is 0.433. The van der Waals surface area contributed by atoms with Crippen LogP contribution < -0.4 is 0 Å². The molecule has 0 amide bonds. The molecule has 0 aliphatic rings. The lowest BCUT2D eigenvalue weighted by atomic mass is 10.5. The van der Waals surface area contributed by atoms with Crippen molar-refractivity contribution in [1.29, 1.82) is 5.26 Å². The summed E-state index contributed by atoms with van der Waals surface area (Å²) in [5.41, 5.74) is 0. The number of rotatable bonds is 2. The van der Waals surface area contributed by atoms with Crippen LogP contribution in [-0.4, -0.2) is 12.6 Å². The van der Waals surface area contributed by atoms with Crippen LogP contribution in [0.15, 0.2) is 0 Å². The average Bonchev–Trinajstić information content (AvgIpc) is 1.68. The Hall–Kier alpha value is -1.04. The Kier molecular flexibility index (Phi) is 3.59. The lowest BCUT2D eigenvalue weighted by Gasteiger charge is -1.91. The van der Waals surface area contributed by atoms with E-state index in [1.165, 1.54) is 6.07 Å². The van der Waals surface area contributed by atoms with Gasteiger partial charge < -0.3 is 4.74 Å². The van der Waals surface area contributed by atoms with E-state index in [2.05, 4.69) is 4.74 Å². The van der Waals surface area contributed by atoms with Gasteiger partial charge in [0.05, 0.1) is 12.7 Å². The van der Waals surface area contributed by atoms with Gasteiger partial charge in [-0.2, -0.15) is 5.26 Å². The first-order valence-corrected chi connectivity index (χ1v) is 2.13. The molecule has 0 fully saturated rings. The summed E-state index contributed by atoms with van der Waals surface area (Å²) in [5, 5.41) is 7.80. The third-order valence-corrected chi connectivity index (χ3v) is 0.433. The number of ether oxygens (including phenoxy) is 1. The summed E-state index contributed by atoms with van der Waals surface area (Å²) in [6.45, 7) is 1.95. The molecule has 0 rings (SSSR count). The zero-order chi connectivity index (χ0) is 6.41. The van der Waals surface area contributed by atoms with Crippen molar-refractivity contribution in [3.05, 3.63) is 6.42 Å². The van der Waals surface area contributed by atoms with E-state index < -0.39 is 5.97 Å². The lowest BCUT2D eigenvalue weighted by molar-refractivity contribution is -0.138. The standard InChI is InChI=1S/C5H5NO2/c1-2-8-5(7)3-4-6/h2H2,1H3. The summed E-state index contributed by atoms with van der Waals surface area (Å²) in [6, 6.07) is 1.43. The van der Waals surface area contributed by atoms with Gasteiger partial charge in [0.2, 0.25) is 6.42 Å². The van der Waals surface area contributed by atoms with Gasteiger partial charge in [0, 0.05) is 0 Å². The zero-order valence-corrected chi connectivity index (χ0v) is 4.47. The van der Waals surface area contributed by atoms with E-state index in [4.69, 9.17) is 5.26 Å². The number of nitrogens with zero attached hydrogens (tertiary/aromatic N) is 1. The normalized spacial score (nSPS) is 7.50. The second-order valence-electron chi connectivity index (χ2n) is 0.957. The van der Waals surface area contributed by atoms with Crippen LogP contribution >= 0.6 is 0 Å². The molecule has 42 valence electrons. The summed E-state index contributed by atoms with van der Waals surface area (Å²) < 4.78 is 4.31. The number of nitriles is 1. The average molecular weight is 111 g/mol. The Morgan fingerprint density at radius 3 is 2.88 bits per heavy atom. The summed E-state index contributed by atoms with van der Waals surface area (Å²) in [6.07, 6.45) is 1.79. The van der Waals surface area contributed by atoms with Crippen LogP contribution in [0.5, 0.6) is 0 Å². The van der Waals surface area contributed by atoms with Gasteiger partial charge >= 0.3 is 5.97 Å². The molecular formula is C5H5NO2. The minimum Gasteiger partial charge on any atom is -0.465 e. The van der Waals surface area contributed by atoms with Crippen LogP contribution in [0.2, 0.25) is 0 Å². The van der Waals surface area contributed by atoms with Crippen LogP contribution in [0.25, 0.3) is 0 Å². The van der Waals surface area contributed by atoms with Crippen molar-refractivity contribution in [2.24, 2.45) is 0 Å². The monoisotopic (exact) mass is 111 g/mol. The lowest BCUT2D eigenvalue weighted by Crippen LogP contribution is -2.02. The van der Waals surface area contributed by atoms with Crippen molar-refractivity contribution in [2.45, 2.75) is 6.92 Å². The molecule has 0 aliphatic carbocycles. The minimum atomic E-state index is -0.699. The van der Waals surface area contributed by atoms with Crippen molar-refractivity contribution >= 4 is 5.97 Å². The van der Waals surface area contributed by atoms with Gasteiger partial charge in [-0.05, 0) is 6.92 Å². The summed E-state index contributed by atoms with van der Waals surface area (Å²) >= 11 is 0. The second kappa shape index (κ2) is 4.13. The van der Waals surface area contributed by atoms with Crippen LogP contribution in [-0.2, 0) is 9.53 Å². The number of carbonyl (C=O) groups is 1. The predicted molar refractivity (Wildman–Crippen MR) is 25.5 cm³/mol. The number of hydrogen-bond donors (Lipinski definition) is 0. The molecule has 0 aromatic heterocycles. The molecule has 0 saturated carbocycles. The van der Waals surface area contributed by atoms with Gasteiger partial charge in [-0.3, -0.25) is 4.79 Å². The summed E-state index contributed by atoms with van der Waals surface area (Å²) in [5.74, 6) is -0.699. The molecule has 0 bridgehead atoms. The fourth-order valence-electron chi connectivity index (χ4n) is 0.213. The fraction of sp³-hybridized carbons (Fsp3) is 0.400. The molecule has 0 unspecified atom stereocenters. The molecule has 0 aliphatic heterocycles. The van der Waals surface area contributed by atoms with Crippen molar-refractivity contribution in [3.8, 4) is 6.07 Å². The first-order valence-electron chi connectivity index (χ1n) is 2.13. The van der Waals surface area contributed by atoms with E-state index in [0.717, 1.165) is 0 Å². The van der Waals surface area contributed by atoms with Crippen LogP contribution in [0.4, 0.5) is 0 Å². The predicted octanol–water partition coefficient (Wildman–Crippen LogP) is 0.154. The number of hydrogen-bond acceptors (Lipinski definition) is 3. The van der Waals surface area contributed by atoms with E-state index in [0.29, 0.717) is 0 Å². The first-order chi connectivity index (χ1) is 3.81. The van der Waals surface area contributed by atoms with Gasteiger partial charge in [0.25, 0.3) is 0 Å². The van der Waals surface area contributed by atoms with Crippen LogP contribution in [0, 0.1) is 17.8 Å². The van der Waals surface area contributed by atoms with Crippen LogP contribution in [0.3, 0.4) is 0 Å². The van der Waals surface area contributed by atoms with Gasteiger partial charge in [-0.1, -0.05) is 0 Å². The highest BCUT2D eigenvalue weighted by molar-refractivity contribution is 5.82. The molecule has 0 aromatic carbocycles. The van der Waals surface area contributed by atoms with Crippen LogP contribution in [0.1, 0.15) is 6.92 Å². The molecule has 3 nitrogen and oxygen atoms in total. The first kappa shape index (κ1) is 6.96. The van der Waals surface area contributed by atoms with E-state index in [-0.39, 0.29) is 6.61 Å². The molecular weight excluding hydrogens is 106 g/mol. The smallest absolute Gasteiger partial charge is 0.331 e. The van der Waals surface area contributed by atoms with Gasteiger partial charge in [-0.25, -0.2) is 0 Å². The molecule has 0 aromatic rings. The van der Waals surface area contributed by atoms with Crippen molar-refractivity contribution in [3.63, 3.8) is 0 Å². The molecule has 2 radical (unpaired) electrons. The van der Waals surface area contributed by atoms with Crippen molar-refractivity contribution < 1.29 is 9.53 Å². The highest BCUT2D eigenvalue weighted by Crippen LogP contribution is 1.79. The zero-order valence-electron chi connectivity index (χ0n) is 4.47. The van der Waals surface area contributed by atoms with Crippen molar-refractivity contribution in [1.82, 2.24) is 0 Å². The largest absolute Gasteiger partial charge is 0.465 e. The van der Waals surface area contributed by atoms with Gasteiger partial charge in [0.15, 0.2) is 0 Å². The molecule has 0 N–H and O–H groups in total. The maximum Gasteiger partial charge on any atom is 0.331 e. The maximum atomic E-state index is 10.1. The van der Waals surface area contributed by atoms with E-state index in [1.54, 1.807) is 13.3 Å². The molecule has 0 spiro atoms. The fourth-order valence-corrected chi connectivity index (χ4v) is 0.213. The Morgan fingerprint density at radius 1 is 1.88 bits per heavy atom. The highest BCUT2D eigenvalue weighted by atomic mass is 16.5. The quantitative estimate of drug-likeness (QED) is 0.477. The Labute approximate surface area is 47.9 Å². The second-order valence-corrected chi connectivity index (χ2v) is 0.957. The SMILES string of the molecule is CCOC(=O)[C]C#N. The van der Waals surface area contributed by atoms with Gasteiger partial charge in [-0.15, -0.1) is 0 Å². The Morgan fingerprint density at radius 2 is 2.50 bits per heavy atom. The topological polar surface area (TPSA) is 50.1 Å². The number of carbonyl (C=O) groups excluding carboxylic acids is 1. The maximum absolute atomic E-state index is 10.1. The van der Waals surface area contributed by atoms with E-state index in [1.807, 2.05) is 0 Å². The highest BCUT2D eigenvalue weighted by Gasteiger charge is 1.98. The number of esters is 1. The Balaban J connectivity index is 3.23. The summed E-state index contributed by atoms with van der Waals surface area (Å²) in [4.78, 5) is 10.1. The summed E-state index contributed by atoms with van der Waals surface area (Å²) in [7, 11) is 0. The molecule has 0 saturated heterocycles. The van der Waals surface area contributed by atoms with Crippen molar-refractivity contribution in [2.75, 3.05) is 6.61 Å².